The largest absolute Gasteiger partial charge is 0.324 e. The fourth-order valence-electron chi connectivity index (χ4n) is 1.85. The van der Waals surface area contributed by atoms with Gasteiger partial charge in [0.2, 0.25) is 0 Å². The van der Waals surface area contributed by atoms with E-state index in [0.29, 0.717) is 0 Å². The summed E-state index contributed by atoms with van der Waals surface area (Å²) in [7, 11) is 0. The summed E-state index contributed by atoms with van der Waals surface area (Å²) < 4.78 is 0. The molecule has 12 heavy (non-hydrogen) atoms. The second kappa shape index (κ2) is 2.87. The molecule has 0 bridgehead atoms. The molecule has 2 heteroatoms. The van der Waals surface area contributed by atoms with Crippen LogP contribution >= 0.6 is 0 Å². The van der Waals surface area contributed by atoms with E-state index in [2.05, 4.69) is 11.1 Å². The summed E-state index contributed by atoms with van der Waals surface area (Å²) in [5.41, 5.74) is 9.72. The van der Waals surface area contributed by atoms with Crippen molar-refractivity contribution in [3.05, 3.63) is 29.1 Å². The van der Waals surface area contributed by atoms with E-state index in [9.17, 15) is 0 Å². The van der Waals surface area contributed by atoms with Crippen LogP contribution in [0.15, 0.2) is 12.3 Å². The number of hydrogen-bond donors (Lipinski definition) is 1. The molecular formula is C10H14N2. The Morgan fingerprint density at radius 3 is 3.25 bits per heavy atom. The van der Waals surface area contributed by atoms with Crippen molar-refractivity contribution in [3.63, 3.8) is 0 Å². The highest BCUT2D eigenvalue weighted by molar-refractivity contribution is 5.30. The minimum absolute atomic E-state index is 0.224. The van der Waals surface area contributed by atoms with Crippen molar-refractivity contribution in [2.24, 2.45) is 5.73 Å². The molecular weight excluding hydrogens is 148 g/mol. The maximum atomic E-state index is 5.96. The maximum absolute atomic E-state index is 5.96. The fourth-order valence-corrected chi connectivity index (χ4v) is 1.85. The minimum Gasteiger partial charge on any atom is -0.324 e. The Morgan fingerprint density at radius 2 is 2.42 bits per heavy atom. The molecule has 0 saturated heterocycles. The molecule has 1 atom stereocenters. The van der Waals surface area contributed by atoms with Gasteiger partial charge in [-0.1, -0.05) is 0 Å². The number of aryl methyl sites for hydroxylation is 2. The van der Waals surface area contributed by atoms with Gasteiger partial charge in [0.1, 0.15) is 0 Å². The first kappa shape index (κ1) is 7.74. The Kier molecular flexibility index (Phi) is 1.85. The number of fused-ring (bicyclic) bond motifs is 1. The highest BCUT2D eigenvalue weighted by Crippen LogP contribution is 2.27. The maximum Gasteiger partial charge on any atom is 0.0375 e. The van der Waals surface area contributed by atoms with Gasteiger partial charge >= 0.3 is 0 Å². The van der Waals surface area contributed by atoms with Crippen molar-refractivity contribution < 1.29 is 0 Å². The van der Waals surface area contributed by atoms with Gasteiger partial charge in [-0.2, -0.15) is 0 Å². The smallest absolute Gasteiger partial charge is 0.0375 e. The van der Waals surface area contributed by atoms with Crippen molar-refractivity contribution in [2.45, 2.75) is 32.2 Å². The number of nitrogens with two attached hydrogens (primary N) is 1. The standard InChI is InChI=1S/C10H14N2/c1-7-5-8-3-2-4-10(11)9(8)6-12-7/h5-6,10H,2-4,11H2,1H3. The third-order valence-electron chi connectivity index (χ3n) is 2.52. The lowest BCUT2D eigenvalue weighted by molar-refractivity contribution is 0.567. The first-order valence-corrected chi connectivity index (χ1v) is 4.48. The molecule has 1 heterocycles. The Labute approximate surface area is 72.8 Å². The average Bonchev–Trinajstić information content (AvgIpc) is 2.04. The van der Waals surface area contributed by atoms with Crippen LogP contribution in [0.25, 0.3) is 0 Å². The quantitative estimate of drug-likeness (QED) is 0.631. The molecule has 0 fully saturated rings. The van der Waals surface area contributed by atoms with Crippen molar-refractivity contribution in [1.82, 2.24) is 4.98 Å². The lowest BCUT2D eigenvalue weighted by atomic mass is 9.89. The Hall–Kier alpha value is -0.890. The van der Waals surface area contributed by atoms with E-state index in [1.807, 2.05) is 13.1 Å². The van der Waals surface area contributed by atoms with Gasteiger partial charge in [0, 0.05) is 17.9 Å². The molecule has 0 radical (unpaired) electrons. The van der Waals surface area contributed by atoms with Gasteiger partial charge in [-0.3, -0.25) is 4.98 Å². The molecule has 1 aromatic heterocycles. The van der Waals surface area contributed by atoms with E-state index >= 15 is 0 Å². The van der Waals surface area contributed by atoms with E-state index in [4.69, 9.17) is 5.73 Å². The number of pyridine rings is 1. The van der Waals surface area contributed by atoms with Gasteiger partial charge in [0.25, 0.3) is 0 Å². The van der Waals surface area contributed by atoms with Crippen LogP contribution in [0.2, 0.25) is 0 Å². The van der Waals surface area contributed by atoms with Gasteiger partial charge in [-0.15, -0.1) is 0 Å². The monoisotopic (exact) mass is 162 g/mol. The molecule has 0 aromatic carbocycles. The second-order valence-electron chi connectivity index (χ2n) is 3.52. The summed E-state index contributed by atoms with van der Waals surface area (Å²) >= 11 is 0. The van der Waals surface area contributed by atoms with Crippen LogP contribution < -0.4 is 5.73 Å². The van der Waals surface area contributed by atoms with Crippen molar-refractivity contribution in [3.8, 4) is 0 Å². The lowest BCUT2D eigenvalue weighted by Gasteiger charge is -2.21. The number of hydrogen-bond acceptors (Lipinski definition) is 2. The molecule has 0 amide bonds. The van der Waals surface area contributed by atoms with Crippen molar-refractivity contribution in [1.29, 1.82) is 0 Å². The zero-order valence-electron chi connectivity index (χ0n) is 7.38. The molecule has 2 nitrogen and oxygen atoms in total. The van der Waals surface area contributed by atoms with Crippen LogP contribution in [-0.4, -0.2) is 4.98 Å². The Bertz CT molecular complexity index is 294. The number of rotatable bonds is 0. The SMILES string of the molecule is Cc1cc2c(cn1)C(N)CCC2. The van der Waals surface area contributed by atoms with Crippen LogP contribution in [0.3, 0.4) is 0 Å². The molecule has 2 N–H and O–H groups in total. The van der Waals surface area contributed by atoms with Gasteiger partial charge in [0.15, 0.2) is 0 Å². The summed E-state index contributed by atoms with van der Waals surface area (Å²) in [5.74, 6) is 0. The molecule has 2 rings (SSSR count). The first-order chi connectivity index (χ1) is 5.77. The molecule has 1 aliphatic carbocycles. The topological polar surface area (TPSA) is 38.9 Å². The van der Waals surface area contributed by atoms with Crippen LogP contribution in [-0.2, 0) is 6.42 Å². The van der Waals surface area contributed by atoms with E-state index in [1.165, 1.54) is 24.0 Å². The van der Waals surface area contributed by atoms with Crippen LogP contribution in [0, 0.1) is 6.92 Å². The highest BCUT2D eigenvalue weighted by Gasteiger charge is 2.16. The summed E-state index contributed by atoms with van der Waals surface area (Å²) in [6, 6.07) is 2.38. The second-order valence-corrected chi connectivity index (χ2v) is 3.52. The first-order valence-electron chi connectivity index (χ1n) is 4.48. The van der Waals surface area contributed by atoms with Crippen LogP contribution in [0.4, 0.5) is 0 Å². The predicted octanol–water partition coefficient (Wildman–Crippen LogP) is 1.73. The van der Waals surface area contributed by atoms with Crippen LogP contribution in [0.5, 0.6) is 0 Å². The van der Waals surface area contributed by atoms with Gasteiger partial charge in [-0.05, 0) is 43.4 Å². The Balaban J connectivity index is 2.46. The Morgan fingerprint density at radius 1 is 1.58 bits per heavy atom. The highest BCUT2D eigenvalue weighted by atomic mass is 14.7. The number of aromatic nitrogens is 1. The van der Waals surface area contributed by atoms with Gasteiger partial charge in [-0.25, -0.2) is 0 Å². The zero-order chi connectivity index (χ0) is 8.55. The van der Waals surface area contributed by atoms with Crippen molar-refractivity contribution >= 4 is 0 Å². The zero-order valence-corrected chi connectivity index (χ0v) is 7.38. The molecule has 1 unspecified atom stereocenters. The lowest BCUT2D eigenvalue weighted by Crippen LogP contribution is -2.17. The van der Waals surface area contributed by atoms with Crippen molar-refractivity contribution in [2.75, 3.05) is 0 Å². The minimum atomic E-state index is 0.224. The van der Waals surface area contributed by atoms with E-state index in [1.54, 1.807) is 0 Å². The molecule has 0 saturated carbocycles. The molecule has 64 valence electrons. The van der Waals surface area contributed by atoms with Gasteiger partial charge in [0.05, 0.1) is 0 Å². The third-order valence-corrected chi connectivity index (χ3v) is 2.52. The van der Waals surface area contributed by atoms with E-state index in [0.717, 1.165) is 12.1 Å². The van der Waals surface area contributed by atoms with Gasteiger partial charge < -0.3 is 5.73 Å². The summed E-state index contributed by atoms with van der Waals surface area (Å²) in [6.07, 6.45) is 5.44. The molecule has 0 aliphatic heterocycles. The summed E-state index contributed by atoms with van der Waals surface area (Å²) in [6.45, 7) is 2.03. The predicted molar refractivity (Wildman–Crippen MR) is 48.8 cm³/mol. The number of nitrogens with zero attached hydrogens (tertiary/aromatic N) is 1. The van der Waals surface area contributed by atoms with E-state index < -0.39 is 0 Å². The average molecular weight is 162 g/mol. The molecule has 0 spiro atoms. The van der Waals surface area contributed by atoms with E-state index in [-0.39, 0.29) is 6.04 Å². The normalized spacial score (nSPS) is 22.0. The molecule has 1 aromatic rings. The third kappa shape index (κ3) is 1.23. The summed E-state index contributed by atoms with van der Waals surface area (Å²) in [5, 5.41) is 0. The fraction of sp³-hybridized carbons (Fsp3) is 0.500. The molecule has 1 aliphatic rings. The van der Waals surface area contributed by atoms with Crippen LogP contribution in [0.1, 0.15) is 35.7 Å². The summed E-state index contributed by atoms with van der Waals surface area (Å²) in [4.78, 5) is 4.26.